The average Bonchev–Trinajstić information content (AvgIpc) is 3.02. The number of ketones is 2. The second-order valence-electron chi connectivity index (χ2n) is 9.34. The lowest BCUT2D eigenvalue weighted by Gasteiger charge is -2.33. The molecule has 0 saturated carbocycles. The first-order valence-corrected chi connectivity index (χ1v) is 12.0. The van der Waals surface area contributed by atoms with Crippen LogP contribution in [0.2, 0.25) is 0 Å². The van der Waals surface area contributed by atoms with Gasteiger partial charge in [-0.25, -0.2) is 0 Å². The third-order valence-corrected chi connectivity index (χ3v) is 6.71. The third-order valence-electron chi connectivity index (χ3n) is 6.71. The number of piperidine rings is 1. The lowest BCUT2D eigenvalue weighted by atomic mass is 9.89. The zero-order valence-electron chi connectivity index (χ0n) is 20.4. The quantitative estimate of drug-likeness (QED) is 0.368. The van der Waals surface area contributed by atoms with Crippen LogP contribution < -0.4 is 15.5 Å². The average molecular weight is 583 g/mol. The molecule has 3 aliphatic heterocycles. The SMILES string of the molecule is FC(F)(F)c1ccc(Nc2cc3c4c(c2)[C@@H]2CNCC[C@@H]2N4CCOC3)cc1.O=C(C(=O)C(F)(F)F)C(F)(F)F. The van der Waals surface area contributed by atoms with Gasteiger partial charge in [-0.05, 0) is 54.9 Å². The molecule has 5 rings (SSSR count). The number of ether oxygens (including phenoxy) is 1. The van der Waals surface area contributed by atoms with Crippen molar-refractivity contribution in [3.05, 3.63) is 53.1 Å². The number of hydrogen-bond donors (Lipinski definition) is 2. The first-order chi connectivity index (χ1) is 18.6. The van der Waals surface area contributed by atoms with E-state index in [1.165, 1.54) is 23.4 Å². The number of anilines is 3. The van der Waals surface area contributed by atoms with Crippen LogP contribution in [0.5, 0.6) is 0 Å². The van der Waals surface area contributed by atoms with Crippen molar-refractivity contribution in [2.45, 2.75) is 43.5 Å². The molecule has 0 radical (unpaired) electrons. The molecule has 2 aromatic carbocycles. The van der Waals surface area contributed by atoms with E-state index in [9.17, 15) is 49.1 Å². The molecule has 218 valence electrons. The Labute approximate surface area is 221 Å². The maximum Gasteiger partial charge on any atom is 0.458 e. The first kappa shape index (κ1) is 29.6. The molecule has 0 aromatic heterocycles. The summed E-state index contributed by atoms with van der Waals surface area (Å²) in [6.07, 6.45) is -14.8. The highest BCUT2D eigenvalue weighted by Crippen LogP contribution is 2.47. The van der Waals surface area contributed by atoms with E-state index in [4.69, 9.17) is 4.74 Å². The molecular formula is C25H22F9N3O3. The van der Waals surface area contributed by atoms with Crippen molar-refractivity contribution < 1.29 is 53.8 Å². The molecule has 0 amide bonds. The van der Waals surface area contributed by atoms with Crippen molar-refractivity contribution in [1.29, 1.82) is 0 Å². The molecule has 0 bridgehead atoms. The van der Waals surface area contributed by atoms with Crippen LogP contribution in [0.3, 0.4) is 0 Å². The predicted octanol–water partition coefficient (Wildman–Crippen LogP) is 5.49. The van der Waals surface area contributed by atoms with Crippen LogP contribution in [0, 0.1) is 0 Å². The molecule has 2 N–H and O–H groups in total. The predicted molar refractivity (Wildman–Crippen MR) is 124 cm³/mol. The summed E-state index contributed by atoms with van der Waals surface area (Å²) in [7, 11) is 0. The summed E-state index contributed by atoms with van der Waals surface area (Å²) in [5.41, 5.74) is 4.66. The van der Waals surface area contributed by atoms with Crippen LogP contribution >= 0.6 is 0 Å². The summed E-state index contributed by atoms with van der Waals surface area (Å²) in [6, 6.07) is 9.89. The van der Waals surface area contributed by atoms with Gasteiger partial charge in [0.2, 0.25) is 0 Å². The molecule has 6 nitrogen and oxygen atoms in total. The lowest BCUT2D eigenvalue weighted by Crippen LogP contribution is -2.44. The van der Waals surface area contributed by atoms with Gasteiger partial charge in [-0.1, -0.05) is 0 Å². The van der Waals surface area contributed by atoms with E-state index in [1.807, 2.05) is 0 Å². The summed E-state index contributed by atoms with van der Waals surface area (Å²) >= 11 is 0. The Bertz CT molecular complexity index is 1230. The number of benzene rings is 2. The van der Waals surface area contributed by atoms with Gasteiger partial charge >= 0.3 is 30.1 Å². The van der Waals surface area contributed by atoms with E-state index < -0.39 is 35.7 Å². The summed E-state index contributed by atoms with van der Waals surface area (Å²) in [4.78, 5) is 21.7. The highest BCUT2D eigenvalue weighted by molar-refractivity contribution is 6.41. The van der Waals surface area contributed by atoms with Gasteiger partial charge in [0.15, 0.2) is 0 Å². The molecule has 1 fully saturated rings. The van der Waals surface area contributed by atoms with Crippen molar-refractivity contribution in [2.24, 2.45) is 0 Å². The van der Waals surface area contributed by atoms with Crippen molar-refractivity contribution in [3.63, 3.8) is 0 Å². The maximum absolute atomic E-state index is 12.8. The van der Waals surface area contributed by atoms with Gasteiger partial charge in [0.1, 0.15) is 0 Å². The molecule has 3 heterocycles. The van der Waals surface area contributed by atoms with Gasteiger partial charge in [0.05, 0.1) is 18.8 Å². The van der Waals surface area contributed by atoms with E-state index in [0.29, 0.717) is 30.9 Å². The number of nitrogens with one attached hydrogen (secondary N) is 2. The van der Waals surface area contributed by atoms with Gasteiger partial charge < -0.3 is 20.3 Å². The molecule has 3 aliphatic rings. The zero-order chi connectivity index (χ0) is 29.5. The molecule has 0 unspecified atom stereocenters. The van der Waals surface area contributed by atoms with Gasteiger partial charge in [0, 0.05) is 47.7 Å². The second kappa shape index (κ2) is 10.9. The minimum absolute atomic E-state index is 0.440. The highest BCUT2D eigenvalue weighted by Gasteiger charge is 2.54. The van der Waals surface area contributed by atoms with Crippen molar-refractivity contribution in [1.82, 2.24) is 5.32 Å². The first-order valence-electron chi connectivity index (χ1n) is 12.0. The fourth-order valence-corrected chi connectivity index (χ4v) is 5.02. The molecule has 0 spiro atoms. The summed E-state index contributed by atoms with van der Waals surface area (Å²) < 4.78 is 111. The lowest BCUT2D eigenvalue weighted by molar-refractivity contribution is -0.193. The maximum atomic E-state index is 12.8. The van der Waals surface area contributed by atoms with E-state index in [1.54, 1.807) is 0 Å². The second-order valence-corrected chi connectivity index (χ2v) is 9.34. The topological polar surface area (TPSA) is 70.7 Å². The van der Waals surface area contributed by atoms with Gasteiger partial charge in [-0.15, -0.1) is 0 Å². The number of halogens is 9. The van der Waals surface area contributed by atoms with E-state index in [2.05, 4.69) is 27.7 Å². The Balaban J connectivity index is 0.000000263. The number of carbonyl (C=O) groups excluding carboxylic acids is 2. The number of alkyl halides is 9. The third kappa shape index (κ3) is 6.35. The molecule has 0 aliphatic carbocycles. The summed E-state index contributed by atoms with van der Waals surface area (Å²) in [6.45, 7) is 4.17. The number of fused-ring (bicyclic) bond motifs is 3. The van der Waals surface area contributed by atoms with Crippen molar-refractivity contribution >= 4 is 28.6 Å². The Morgan fingerprint density at radius 1 is 0.900 bits per heavy atom. The van der Waals surface area contributed by atoms with Crippen LogP contribution in [0.25, 0.3) is 0 Å². The Morgan fingerprint density at radius 2 is 1.52 bits per heavy atom. The summed E-state index contributed by atoms with van der Waals surface area (Å²) in [5.74, 6) is -6.38. The van der Waals surface area contributed by atoms with Gasteiger partial charge in [-0.2, -0.15) is 39.5 Å². The van der Waals surface area contributed by atoms with Crippen LogP contribution in [-0.2, 0) is 27.1 Å². The minimum atomic E-state index is -5.77. The number of Topliss-reactive ketones (excluding diaryl/α,β-unsaturated/α-hetero) is 2. The highest BCUT2D eigenvalue weighted by atomic mass is 19.4. The van der Waals surface area contributed by atoms with Crippen molar-refractivity contribution in [3.8, 4) is 0 Å². The van der Waals surface area contributed by atoms with Crippen LogP contribution in [0.15, 0.2) is 36.4 Å². The van der Waals surface area contributed by atoms with Crippen LogP contribution in [-0.4, -0.2) is 56.2 Å². The fourth-order valence-electron chi connectivity index (χ4n) is 5.02. The number of carbonyl (C=O) groups is 2. The number of rotatable bonds is 3. The standard InChI is InChI=1S/C21H22F3N3O.C4F6O2/c22-21(23,24)14-1-3-15(4-2-14)26-16-9-13-12-28-8-7-27-19-5-6-25-11-18(19)17(10-16)20(13)27;5-3(6,7)1(11)2(12)4(8,9)10/h1-4,9-10,18-19,25-26H,5-8,11-12H2;/t18-,19-;/m0./s1. The monoisotopic (exact) mass is 583 g/mol. The largest absolute Gasteiger partial charge is 0.458 e. The molecular weight excluding hydrogens is 561 g/mol. The van der Waals surface area contributed by atoms with E-state index in [0.717, 1.165) is 49.4 Å². The Hall–Kier alpha value is -3.33. The molecule has 2 atom stereocenters. The van der Waals surface area contributed by atoms with Gasteiger partial charge in [0.25, 0.3) is 0 Å². The Kier molecular flexibility index (Phi) is 8.09. The van der Waals surface area contributed by atoms with Crippen molar-refractivity contribution in [2.75, 3.05) is 36.5 Å². The number of nitrogens with zero attached hydrogens (tertiary/aromatic N) is 1. The molecule has 1 saturated heterocycles. The molecule has 15 heteroatoms. The van der Waals surface area contributed by atoms with Crippen LogP contribution in [0.1, 0.15) is 29.0 Å². The molecule has 40 heavy (non-hydrogen) atoms. The molecule has 2 aromatic rings. The van der Waals surface area contributed by atoms with E-state index in [-0.39, 0.29) is 0 Å². The number of hydrogen-bond acceptors (Lipinski definition) is 6. The van der Waals surface area contributed by atoms with Gasteiger partial charge in [-0.3, -0.25) is 9.59 Å². The summed E-state index contributed by atoms with van der Waals surface area (Å²) in [5, 5.41) is 6.78. The Morgan fingerprint density at radius 3 is 2.10 bits per heavy atom. The zero-order valence-corrected chi connectivity index (χ0v) is 20.4. The normalized spacial score (nSPS) is 20.5. The minimum Gasteiger partial charge on any atom is -0.375 e. The van der Waals surface area contributed by atoms with Crippen LogP contribution in [0.4, 0.5) is 56.6 Å². The fraction of sp³-hybridized carbons (Fsp3) is 0.440. The smallest absolute Gasteiger partial charge is 0.375 e. The van der Waals surface area contributed by atoms with E-state index >= 15 is 0 Å².